The summed E-state index contributed by atoms with van der Waals surface area (Å²) in [5, 5.41) is 0. The second-order valence-corrected chi connectivity index (χ2v) is 8.07. The van der Waals surface area contributed by atoms with Crippen LogP contribution < -0.4 is 0 Å². The van der Waals surface area contributed by atoms with Crippen molar-refractivity contribution in [1.82, 2.24) is 9.21 Å². The Hall–Kier alpha value is -1.44. The summed E-state index contributed by atoms with van der Waals surface area (Å²) in [4.78, 5) is 14.4. The van der Waals surface area contributed by atoms with Gasteiger partial charge in [-0.1, -0.05) is 13.8 Å². The zero-order chi connectivity index (χ0) is 17.3. The molecule has 7 heteroatoms. The van der Waals surface area contributed by atoms with E-state index in [9.17, 15) is 13.2 Å². The normalized spacial score (nSPS) is 17.7. The number of benzene rings is 1. The van der Waals surface area contributed by atoms with E-state index in [1.807, 2.05) is 13.8 Å². The highest BCUT2D eigenvalue weighted by molar-refractivity contribution is 7.89. The Labute approximate surface area is 138 Å². The molecule has 0 radical (unpaired) electrons. The number of sulfonamides is 1. The van der Waals surface area contributed by atoms with Crippen molar-refractivity contribution in [2.75, 3.05) is 26.4 Å². The zero-order valence-corrected chi connectivity index (χ0v) is 14.9. The number of carbonyl (C=O) groups is 1. The van der Waals surface area contributed by atoms with Gasteiger partial charge < -0.3 is 9.64 Å². The van der Waals surface area contributed by atoms with Crippen LogP contribution in [0.5, 0.6) is 0 Å². The van der Waals surface area contributed by atoms with Crippen LogP contribution in [0.3, 0.4) is 0 Å². The lowest BCUT2D eigenvalue weighted by molar-refractivity contribution is 0.0605. The molecule has 1 aromatic rings. The SMILES string of the molecule is CCN(CC)S(=O)(=O)c1ccc(C(=O)N2COCC2(C)C)cc1. The average Bonchev–Trinajstić information content (AvgIpc) is 2.87. The van der Waals surface area contributed by atoms with Gasteiger partial charge in [-0.05, 0) is 38.1 Å². The molecular weight excluding hydrogens is 316 g/mol. The van der Waals surface area contributed by atoms with Gasteiger partial charge in [0.05, 0.1) is 17.0 Å². The fourth-order valence-corrected chi connectivity index (χ4v) is 4.07. The van der Waals surface area contributed by atoms with E-state index in [1.165, 1.54) is 16.4 Å². The summed E-state index contributed by atoms with van der Waals surface area (Å²) < 4.78 is 31.6. The molecule has 2 rings (SSSR count). The predicted octanol–water partition coefficient (Wildman–Crippen LogP) is 1.93. The van der Waals surface area contributed by atoms with E-state index in [4.69, 9.17) is 4.74 Å². The molecule has 0 saturated carbocycles. The summed E-state index contributed by atoms with van der Waals surface area (Å²) in [5.74, 6) is -0.153. The van der Waals surface area contributed by atoms with Crippen LogP contribution in [0.2, 0.25) is 0 Å². The number of hydrogen-bond donors (Lipinski definition) is 0. The third-order valence-corrected chi connectivity index (χ3v) is 6.16. The van der Waals surface area contributed by atoms with Crippen LogP contribution in [0.1, 0.15) is 38.1 Å². The molecule has 128 valence electrons. The number of rotatable bonds is 5. The maximum Gasteiger partial charge on any atom is 0.256 e. The first-order valence-corrected chi connectivity index (χ1v) is 9.18. The quantitative estimate of drug-likeness (QED) is 0.821. The molecule has 0 aliphatic carbocycles. The smallest absolute Gasteiger partial charge is 0.256 e. The Morgan fingerprint density at radius 3 is 2.22 bits per heavy atom. The Bertz CT molecular complexity index is 664. The van der Waals surface area contributed by atoms with Crippen molar-refractivity contribution in [3.05, 3.63) is 29.8 Å². The van der Waals surface area contributed by atoms with E-state index < -0.39 is 10.0 Å². The summed E-state index contributed by atoms with van der Waals surface area (Å²) in [6.07, 6.45) is 0. The molecule has 0 atom stereocenters. The molecule has 0 unspecified atom stereocenters. The number of ether oxygens (including phenoxy) is 1. The van der Waals surface area contributed by atoms with Crippen molar-refractivity contribution < 1.29 is 17.9 Å². The first-order valence-electron chi connectivity index (χ1n) is 7.74. The standard InChI is InChI=1S/C16H24N2O4S/c1-5-17(6-2)23(20,21)14-9-7-13(8-10-14)15(19)18-12-22-11-16(18,3)4/h7-10H,5-6,11-12H2,1-4H3. The highest BCUT2D eigenvalue weighted by Crippen LogP contribution is 2.24. The van der Waals surface area contributed by atoms with Gasteiger partial charge in [0.2, 0.25) is 10.0 Å². The molecule has 1 fully saturated rings. The van der Waals surface area contributed by atoms with E-state index in [1.54, 1.807) is 30.9 Å². The monoisotopic (exact) mass is 340 g/mol. The van der Waals surface area contributed by atoms with Gasteiger partial charge in [-0.15, -0.1) is 0 Å². The minimum Gasteiger partial charge on any atom is -0.359 e. The van der Waals surface area contributed by atoms with Gasteiger partial charge in [-0.25, -0.2) is 8.42 Å². The van der Waals surface area contributed by atoms with Crippen LogP contribution in [0, 0.1) is 0 Å². The Morgan fingerprint density at radius 2 is 1.78 bits per heavy atom. The third-order valence-electron chi connectivity index (χ3n) is 4.10. The van der Waals surface area contributed by atoms with Gasteiger partial charge in [-0.3, -0.25) is 4.79 Å². The van der Waals surface area contributed by atoms with Crippen LogP contribution in [0.15, 0.2) is 29.2 Å². The summed E-state index contributed by atoms with van der Waals surface area (Å²) in [6, 6.07) is 6.11. The highest BCUT2D eigenvalue weighted by atomic mass is 32.2. The van der Waals surface area contributed by atoms with E-state index >= 15 is 0 Å². The topological polar surface area (TPSA) is 66.9 Å². The lowest BCUT2D eigenvalue weighted by Gasteiger charge is -2.29. The van der Waals surface area contributed by atoms with Gasteiger partial charge in [0.15, 0.2) is 0 Å². The van der Waals surface area contributed by atoms with Gasteiger partial charge in [0, 0.05) is 18.7 Å². The molecule has 1 amide bonds. The van der Waals surface area contributed by atoms with Gasteiger partial charge >= 0.3 is 0 Å². The van der Waals surface area contributed by atoms with Crippen molar-refractivity contribution in [2.24, 2.45) is 0 Å². The van der Waals surface area contributed by atoms with Crippen LogP contribution in [0.4, 0.5) is 0 Å². The second kappa shape index (κ2) is 6.59. The lowest BCUT2D eigenvalue weighted by Crippen LogP contribution is -2.44. The van der Waals surface area contributed by atoms with Crippen LogP contribution in [-0.4, -0.2) is 55.5 Å². The van der Waals surface area contributed by atoms with E-state index in [0.717, 1.165) is 0 Å². The fourth-order valence-electron chi connectivity index (χ4n) is 2.61. The Balaban J connectivity index is 2.25. The van der Waals surface area contributed by atoms with Gasteiger partial charge in [-0.2, -0.15) is 4.31 Å². The highest BCUT2D eigenvalue weighted by Gasteiger charge is 2.37. The summed E-state index contributed by atoms with van der Waals surface area (Å²) in [6.45, 7) is 9.06. The van der Waals surface area contributed by atoms with Crippen LogP contribution in [0.25, 0.3) is 0 Å². The molecule has 1 aliphatic heterocycles. The van der Waals surface area contributed by atoms with Gasteiger partial charge in [0.1, 0.15) is 6.73 Å². The Kier molecular flexibility index (Phi) is 5.13. The number of nitrogens with zero attached hydrogens (tertiary/aromatic N) is 2. The molecule has 0 bridgehead atoms. The third kappa shape index (κ3) is 3.41. The molecule has 23 heavy (non-hydrogen) atoms. The fraction of sp³-hybridized carbons (Fsp3) is 0.562. The number of hydrogen-bond acceptors (Lipinski definition) is 4. The largest absolute Gasteiger partial charge is 0.359 e. The van der Waals surface area contributed by atoms with Crippen molar-refractivity contribution in [3.8, 4) is 0 Å². The minimum absolute atomic E-state index is 0.153. The number of carbonyl (C=O) groups excluding carboxylic acids is 1. The molecule has 6 nitrogen and oxygen atoms in total. The zero-order valence-electron chi connectivity index (χ0n) is 14.1. The van der Waals surface area contributed by atoms with Crippen LogP contribution >= 0.6 is 0 Å². The van der Waals surface area contributed by atoms with E-state index in [0.29, 0.717) is 25.3 Å². The van der Waals surface area contributed by atoms with E-state index in [-0.39, 0.29) is 23.1 Å². The lowest BCUT2D eigenvalue weighted by atomic mass is 10.0. The predicted molar refractivity (Wildman–Crippen MR) is 87.6 cm³/mol. The van der Waals surface area contributed by atoms with Crippen molar-refractivity contribution in [3.63, 3.8) is 0 Å². The summed E-state index contributed by atoms with van der Waals surface area (Å²) in [5.41, 5.74) is 0.102. The van der Waals surface area contributed by atoms with Crippen molar-refractivity contribution in [1.29, 1.82) is 0 Å². The second-order valence-electron chi connectivity index (χ2n) is 6.14. The molecule has 1 saturated heterocycles. The average molecular weight is 340 g/mol. The molecular formula is C16H24N2O4S. The summed E-state index contributed by atoms with van der Waals surface area (Å²) >= 11 is 0. The maximum absolute atomic E-state index is 12.6. The molecule has 1 aromatic carbocycles. The number of amides is 1. The minimum atomic E-state index is -3.50. The Morgan fingerprint density at radius 1 is 1.22 bits per heavy atom. The first kappa shape index (κ1) is 17.9. The molecule has 0 aromatic heterocycles. The van der Waals surface area contributed by atoms with Gasteiger partial charge in [0.25, 0.3) is 5.91 Å². The first-order chi connectivity index (χ1) is 10.7. The van der Waals surface area contributed by atoms with E-state index in [2.05, 4.69) is 0 Å². The van der Waals surface area contributed by atoms with Crippen molar-refractivity contribution >= 4 is 15.9 Å². The molecule has 0 spiro atoms. The van der Waals surface area contributed by atoms with Crippen LogP contribution in [-0.2, 0) is 14.8 Å². The van der Waals surface area contributed by atoms with Crippen molar-refractivity contribution in [2.45, 2.75) is 38.1 Å². The summed E-state index contributed by atoms with van der Waals surface area (Å²) in [7, 11) is -3.50. The molecule has 1 aliphatic rings. The molecule has 1 heterocycles. The molecule has 0 N–H and O–H groups in total. The maximum atomic E-state index is 12.6.